The number of hydrogen-bond acceptors (Lipinski definition) is 3. The number of rotatable bonds is 4. The topological polar surface area (TPSA) is 57.2 Å². The number of halogens is 2. The third-order valence-electron chi connectivity index (χ3n) is 4.04. The smallest absolute Gasteiger partial charge is 0.409 e. The van der Waals surface area contributed by atoms with E-state index in [0.29, 0.717) is 56.3 Å². The van der Waals surface area contributed by atoms with Crippen molar-refractivity contribution < 1.29 is 13.9 Å². The molecule has 1 aliphatic heterocycles. The summed E-state index contributed by atoms with van der Waals surface area (Å²) in [4.78, 5) is 19.7. The van der Waals surface area contributed by atoms with Crippen LogP contribution in [0.1, 0.15) is 12.5 Å². The van der Waals surface area contributed by atoms with Crippen molar-refractivity contribution in [3.63, 3.8) is 0 Å². The van der Waals surface area contributed by atoms with Gasteiger partial charge in [-0.25, -0.2) is 9.18 Å². The molecule has 138 valence electrons. The minimum atomic E-state index is -0.299. The van der Waals surface area contributed by atoms with Crippen LogP contribution in [0.3, 0.4) is 0 Å². The van der Waals surface area contributed by atoms with Gasteiger partial charge in [0.25, 0.3) is 0 Å². The Morgan fingerprint density at radius 2 is 2.00 bits per heavy atom. The predicted molar refractivity (Wildman–Crippen MR) is 96.6 cm³/mol. The average Bonchev–Trinajstić information content (AvgIpc) is 2.61. The maximum Gasteiger partial charge on any atom is 0.409 e. The van der Waals surface area contributed by atoms with Gasteiger partial charge in [-0.3, -0.25) is 4.99 Å². The third-order valence-corrected chi connectivity index (χ3v) is 4.39. The van der Waals surface area contributed by atoms with E-state index >= 15 is 0 Å². The molecule has 0 radical (unpaired) electrons. The molecule has 1 aromatic carbocycles. The van der Waals surface area contributed by atoms with Crippen LogP contribution in [0, 0.1) is 5.82 Å². The number of ether oxygens (including phenoxy) is 1. The first-order valence-corrected chi connectivity index (χ1v) is 8.74. The first kappa shape index (κ1) is 19.3. The minimum absolute atomic E-state index is 0.278. The molecule has 1 aromatic rings. The first-order chi connectivity index (χ1) is 12.1. The SMILES string of the molecule is CCOC(=O)N1CCN(C(=NC)NCCc2c(F)cccc2Cl)CC1. The number of nitrogens with one attached hydrogen (secondary N) is 1. The predicted octanol–water partition coefficient (Wildman–Crippen LogP) is 2.37. The van der Waals surface area contributed by atoms with E-state index < -0.39 is 0 Å². The van der Waals surface area contributed by atoms with Crippen molar-refractivity contribution in [3.05, 3.63) is 34.6 Å². The third kappa shape index (κ3) is 5.22. The van der Waals surface area contributed by atoms with E-state index in [1.165, 1.54) is 6.07 Å². The second-order valence-corrected chi connectivity index (χ2v) is 6.00. The van der Waals surface area contributed by atoms with E-state index in [4.69, 9.17) is 16.3 Å². The number of hydrogen-bond donors (Lipinski definition) is 1. The van der Waals surface area contributed by atoms with Crippen LogP contribution in [-0.4, -0.2) is 68.2 Å². The molecule has 25 heavy (non-hydrogen) atoms. The summed E-state index contributed by atoms with van der Waals surface area (Å²) in [7, 11) is 1.70. The zero-order chi connectivity index (χ0) is 18.2. The van der Waals surface area contributed by atoms with Crippen LogP contribution in [0.2, 0.25) is 5.02 Å². The molecule has 0 unspecified atom stereocenters. The highest BCUT2D eigenvalue weighted by Crippen LogP contribution is 2.19. The molecule has 0 aromatic heterocycles. The van der Waals surface area contributed by atoms with Crippen molar-refractivity contribution in [2.24, 2.45) is 4.99 Å². The summed E-state index contributed by atoms with van der Waals surface area (Å²) in [6, 6.07) is 4.69. The monoisotopic (exact) mass is 370 g/mol. The number of nitrogens with zero attached hydrogens (tertiary/aromatic N) is 3. The van der Waals surface area contributed by atoms with Gasteiger partial charge in [0, 0.05) is 50.4 Å². The van der Waals surface area contributed by atoms with Gasteiger partial charge in [-0.15, -0.1) is 0 Å². The fraction of sp³-hybridized carbons (Fsp3) is 0.529. The Balaban J connectivity index is 1.83. The lowest BCUT2D eigenvalue weighted by Crippen LogP contribution is -2.54. The Hall–Kier alpha value is -2.02. The molecule has 1 fully saturated rings. The molecule has 0 spiro atoms. The van der Waals surface area contributed by atoms with Crippen molar-refractivity contribution in [1.82, 2.24) is 15.1 Å². The molecular formula is C17H24ClFN4O2. The minimum Gasteiger partial charge on any atom is -0.450 e. The van der Waals surface area contributed by atoms with Gasteiger partial charge in [0.05, 0.1) is 6.61 Å². The van der Waals surface area contributed by atoms with Gasteiger partial charge in [-0.2, -0.15) is 0 Å². The summed E-state index contributed by atoms with van der Waals surface area (Å²) in [5.41, 5.74) is 0.499. The van der Waals surface area contributed by atoms with Crippen molar-refractivity contribution in [1.29, 1.82) is 0 Å². The van der Waals surface area contributed by atoms with Gasteiger partial charge in [-0.1, -0.05) is 17.7 Å². The Labute approximate surface area is 152 Å². The summed E-state index contributed by atoms with van der Waals surface area (Å²) in [5, 5.41) is 3.66. The van der Waals surface area contributed by atoms with Crippen LogP contribution in [0.15, 0.2) is 23.2 Å². The zero-order valence-electron chi connectivity index (χ0n) is 14.6. The quantitative estimate of drug-likeness (QED) is 0.653. The highest BCUT2D eigenvalue weighted by atomic mass is 35.5. The Morgan fingerprint density at radius 1 is 1.32 bits per heavy atom. The van der Waals surface area contributed by atoms with Crippen LogP contribution < -0.4 is 5.32 Å². The summed E-state index contributed by atoms with van der Waals surface area (Å²) in [6.07, 6.45) is 0.187. The maximum atomic E-state index is 13.8. The zero-order valence-corrected chi connectivity index (χ0v) is 15.4. The molecular weight excluding hydrogens is 347 g/mol. The van der Waals surface area contributed by atoms with Crippen LogP contribution in [0.25, 0.3) is 0 Å². The lowest BCUT2D eigenvalue weighted by atomic mass is 10.1. The molecule has 1 saturated heterocycles. The highest BCUT2D eigenvalue weighted by molar-refractivity contribution is 6.31. The standard InChI is InChI=1S/C17H24ClFN4O2/c1-3-25-17(24)23-11-9-22(10-12-23)16(20-2)21-8-7-13-14(18)5-4-6-15(13)19/h4-6H,3,7-12H2,1-2H3,(H,20,21). The van der Waals surface area contributed by atoms with Crippen molar-refractivity contribution in [2.75, 3.05) is 46.4 Å². The lowest BCUT2D eigenvalue weighted by molar-refractivity contribution is 0.0915. The molecule has 1 amide bonds. The summed E-state index contributed by atoms with van der Waals surface area (Å²) in [5.74, 6) is 0.434. The number of carbonyl (C=O) groups is 1. The van der Waals surface area contributed by atoms with E-state index in [-0.39, 0.29) is 11.9 Å². The fourth-order valence-electron chi connectivity index (χ4n) is 2.72. The number of amides is 1. The Bertz CT molecular complexity index is 598. The van der Waals surface area contributed by atoms with Crippen LogP contribution in [-0.2, 0) is 11.2 Å². The average molecular weight is 371 g/mol. The second kappa shape index (κ2) is 9.46. The van der Waals surface area contributed by atoms with Gasteiger partial charge in [0.2, 0.25) is 0 Å². The van der Waals surface area contributed by atoms with Gasteiger partial charge >= 0.3 is 6.09 Å². The Morgan fingerprint density at radius 3 is 2.60 bits per heavy atom. The largest absolute Gasteiger partial charge is 0.450 e. The van der Waals surface area contributed by atoms with Gasteiger partial charge in [0.15, 0.2) is 5.96 Å². The number of piperazine rings is 1. The molecule has 1 N–H and O–H groups in total. The van der Waals surface area contributed by atoms with E-state index in [1.54, 1.807) is 31.0 Å². The van der Waals surface area contributed by atoms with Crippen molar-refractivity contribution >= 4 is 23.7 Å². The fourth-order valence-corrected chi connectivity index (χ4v) is 2.98. The van der Waals surface area contributed by atoms with Crippen LogP contribution in [0.5, 0.6) is 0 Å². The lowest BCUT2D eigenvalue weighted by Gasteiger charge is -2.35. The molecule has 2 rings (SSSR count). The maximum absolute atomic E-state index is 13.8. The van der Waals surface area contributed by atoms with Crippen LogP contribution >= 0.6 is 11.6 Å². The number of guanidine groups is 1. The Kier molecular flexibility index (Phi) is 7.31. The van der Waals surface area contributed by atoms with E-state index in [2.05, 4.69) is 15.2 Å². The molecule has 0 aliphatic carbocycles. The highest BCUT2D eigenvalue weighted by Gasteiger charge is 2.23. The van der Waals surface area contributed by atoms with Gasteiger partial charge in [-0.05, 0) is 25.5 Å². The molecule has 6 nitrogen and oxygen atoms in total. The molecule has 8 heteroatoms. The van der Waals surface area contributed by atoms with E-state index in [9.17, 15) is 9.18 Å². The van der Waals surface area contributed by atoms with E-state index in [1.807, 2.05) is 0 Å². The second-order valence-electron chi connectivity index (χ2n) is 5.60. The van der Waals surface area contributed by atoms with Crippen molar-refractivity contribution in [3.8, 4) is 0 Å². The van der Waals surface area contributed by atoms with E-state index in [0.717, 1.165) is 5.96 Å². The normalized spacial score (nSPS) is 15.3. The molecule has 0 saturated carbocycles. The number of aliphatic imine (C=N–C) groups is 1. The molecule has 0 atom stereocenters. The summed E-state index contributed by atoms with van der Waals surface area (Å²) < 4.78 is 18.8. The molecule has 0 bridgehead atoms. The molecule has 1 aliphatic rings. The molecule has 1 heterocycles. The summed E-state index contributed by atoms with van der Waals surface area (Å²) >= 11 is 6.04. The first-order valence-electron chi connectivity index (χ1n) is 8.37. The van der Waals surface area contributed by atoms with Crippen LogP contribution in [0.4, 0.5) is 9.18 Å². The number of carbonyl (C=O) groups excluding carboxylic acids is 1. The number of benzene rings is 1. The summed E-state index contributed by atoms with van der Waals surface area (Å²) in [6.45, 7) is 5.18. The van der Waals surface area contributed by atoms with Gasteiger partial charge < -0.3 is 19.9 Å². The van der Waals surface area contributed by atoms with Crippen molar-refractivity contribution in [2.45, 2.75) is 13.3 Å². The van der Waals surface area contributed by atoms with Gasteiger partial charge in [0.1, 0.15) is 5.82 Å².